The third kappa shape index (κ3) is 10.0. The smallest absolute Gasteiger partial charge is 0.417 e. The number of ether oxygens (including phenoxy) is 1. The lowest BCUT2D eigenvalue weighted by molar-refractivity contribution is -0.143. The van der Waals surface area contributed by atoms with E-state index in [1.165, 1.54) is 0 Å². The molecule has 0 radical (unpaired) electrons. The number of nitrogens with zero attached hydrogens (tertiary/aromatic N) is 3. The van der Waals surface area contributed by atoms with E-state index in [1.54, 1.807) is 54.6 Å². The van der Waals surface area contributed by atoms with Crippen LogP contribution in [0, 0.1) is 3.95 Å². The molecule has 4 aromatic carbocycles. The number of hydrogen-bond donors (Lipinski definition) is 3. The average Bonchev–Trinajstić information content (AvgIpc) is 3.54. The molecule has 2 atom stereocenters. The number of aromatic amines is 1. The summed E-state index contributed by atoms with van der Waals surface area (Å²) in [6, 6.07) is 33.5. The summed E-state index contributed by atoms with van der Waals surface area (Å²) < 4.78 is 6.04. The minimum absolute atomic E-state index is 0.142. The molecule has 11 nitrogen and oxygen atoms in total. The van der Waals surface area contributed by atoms with Crippen LogP contribution in [0.5, 0.6) is 0 Å². The number of H-pyrrole nitrogens is 1. The van der Waals surface area contributed by atoms with Crippen LogP contribution in [0.15, 0.2) is 121 Å². The topological polar surface area (TPSA) is 145 Å². The number of carbonyl (C=O) groups excluding carboxylic acids is 3. The maximum absolute atomic E-state index is 15.1. The minimum Gasteiger partial charge on any atom is -0.481 e. The third-order valence-corrected chi connectivity index (χ3v) is 8.75. The molecule has 1 unspecified atom stereocenters. The van der Waals surface area contributed by atoms with E-state index in [2.05, 4.69) is 15.5 Å². The number of carboxylic acid groups (broad SMARTS) is 1. The third-order valence-electron chi connectivity index (χ3n) is 7.74. The van der Waals surface area contributed by atoms with Gasteiger partial charge in [-0.2, -0.15) is 0 Å². The zero-order chi connectivity index (χ0) is 35.3. The van der Waals surface area contributed by atoms with Crippen molar-refractivity contribution in [1.82, 2.24) is 20.0 Å². The molecule has 5 rings (SSSR count). The quantitative estimate of drug-likeness (QED) is 0.0981. The van der Waals surface area contributed by atoms with Gasteiger partial charge in [0.05, 0.1) is 6.04 Å². The van der Waals surface area contributed by atoms with Crippen LogP contribution in [0.2, 0.25) is 0 Å². The molecule has 5 aromatic rings. The summed E-state index contributed by atoms with van der Waals surface area (Å²) in [5.41, 5.74) is 2.73. The number of nitrogens with one attached hydrogen (secondary N) is 2. The molecular formula is C37H35N5O6S2. The molecule has 0 aliphatic rings. The minimum atomic E-state index is -1.52. The molecule has 0 bridgehead atoms. The Labute approximate surface area is 298 Å². The molecule has 0 saturated carbocycles. The number of amides is 3. The summed E-state index contributed by atoms with van der Waals surface area (Å²) in [4.78, 5) is 58.1. The predicted molar refractivity (Wildman–Crippen MR) is 191 cm³/mol. The van der Waals surface area contributed by atoms with Gasteiger partial charge in [-0.25, -0.2) is 9.69 Å². The lowest BCUT2D eigenvalue weighted by atomic mass is 10.0. The Morgan fingerprint density at radius 2 is 1.32 bits per heavy atom. The number of aromatic nitrogens is 2. The molecule has 0 aliphatic carbocycles. The Hall–Kier alpha value is -5.50. The molecular weight excluding hydrogens is 675 g/mol. The van der Waals surface area contributed by atoms with Crippen molar-refractivity contribution in [3.8, 4) is 0 Å². The van der Waals surface area contributed by atoms with Gasteiger partial charge in [-0.1, -0.05) is 133 Å². The lowest BCUT2D eigenvalue weighted by Gasteiger charge is -2.36. The van der Waals surface area contributed by atoms with Crippen LogP contribution in [-0.2, 0) is 38.8 Å². The second-order valence-electron chi connectivity index (χ2n) is 11.3. The van der Waals surface area contributed by atoms with Gasteiger partial charge in [0.2, 0.25) is 11.0 Å². The second kappa shape index (κ2) is 17.8. The normalized spacial score (nSPS) is 12.1. The van der Waals surface area contributed by atoms with Gasteiger partial charge in [-0.15, -0.1) is 5.10 Å². The number of aliphatic carboxylic acids is 1. The molecule has 256 valence electrons. The van der Waals surface area contributed by atoms with Gasteiger partial charge in [0.1, 0.15) is 12.6 Å². The summed E-state index contributed by atoms with van der Waals surface area (Å²) in [6.07, 6.45) is -1.60. The van der Waals surface area contributed by atoms with E-state index < -0.39 is 36.0 Å². The molecule has 3 amide bonds. The zero-order valence-corrected chi connectivity index (χ0v) is 28.5. The zero-order valence-electron chi connectivity index (χ0n) is 26.9. The maximum Gasteiger partial charge on any atom is 0.417 e. The maximum atomic E-state index is 15.1. The van der Waals surface area contributed by atoms with E-state index in [1.807, 2.05) is 71.6 Å². The molecule has 1 heterocycles. The van der Waals surface area contributed by atoms with Gasteiger partial charge in [0.25, 0.3) is 5.91 Å². The molecule has 0 fully saturated rings. The first kappa shape index (κ1) is 35.8. The molecule has 3 N–H and O–H groups in total. The Bertz CT molecular complexity index is 1880. The van der Waals surface area contributed by atoms with Gasteiger partial charge >= 0.3 is 12.1 Å². The number of carbonyl (C=O) groups is 4. The van der Waals surface area contributed by atoms with E-state index in [0.717, 1.165) is 27.4 Å². The van der Waals surface area contributed by atoms with E-state index >= 15 is 4.79 Å². The van der Waals surface area contributed by atoms with Gasteiger partial charge in [0.15, 0.2) is 3.95 Å². The van der Waals surface area contributed by atoms with Crippen molar-refractivity contribution in [2.45, 2.75) is 44.6 Å². The highest BCUT2D eigenvalue weighted by Gasteiger charge is 2.42. The van der Waals surface area contributed by atoms with Crippen molar-refractivity contribution in [3.63, 3.8) is 0 Å². The summed E-state index contributed by atoms with van der Waals surface area (Å²) in [7, 11) is 0. The van der Waals surface area contributed by atoms with Crippen molar-refractivity contribution < 1.29 is 29.0 Å². The van der Waals surface area contributed by atoms with Crippen molar-refractivity contribution in [2.75, 3.05) is 5.32 Å². The van der Waals surface area contributed by atoms with Gasteiger partial charge in [-0.05, 0) is 40.9 Å². The van der Waals surface area contributed by atoms with E-state index in [0.29, 0.717) is 15.1 Å². The van der Waals surface area contributed by atoms with Crippen LogP contribution in [0.3, 0.4) is 0 Å². The number of rotatable bonds is 15. The number of benzene rings is 4. The first-order chi connectivity index (χ1) is 24.3. The van der Waals surface area contributed by atoms with Gasteiger partial charge < -0.3 is 9.84 Å². The number of imide groups is 1. The Morgan fingerprint density at radius 1 is 0.800 bits per heavy atom. The molecule has 0 aliphatic heterocycles. The highest BCUT2D eigenvalue weighted by atomic mass is 32.1. The van der Waals surface area contributed by atoms with Crippen LogP contribution in [-0.4, -0.2) is 55.0 Å². The van der Waals surface area contributed by atoms with Crippen LogP contribution >= 0.6 is 23.6 Å². The fourth-order valence-electron chi connectivity index (χ4n) is 5.42. The van der Waals surface area contributed by atoms with E-state index in [-0.39, 0.29) is 37.7 Å². The van der Waals surface area contributed by atoms with Crippen LogP contribution < -0.4 is 5.32 Å². The van der Waals surface area contributed by atoms with Crippen LogP contribution in [0.4, 0.5) is 9.93 Å². The van der Waals surface area contributed by atoms with Crippen molar-refractivity contribution in [1.29, 1.82) is 0 Å². The summed E-state index contributed by atoms with van der Waals surface area (Å²) in [5, 5.41) is 19.2. The number of anilines is 1. The Kier molecular flexibility index (Phi) is 12.7. The van der Waals surface area contributed by atoms with Crippen molar-refractivity contribution in [2.24, 2.45) is 0 Å². The highest BCUT2D eigenvalue weighted by Crippen LogP contribution is 2.29. The largest absolute Gasteiger partial charge is 0.481 e. The predicted octanol–water partition coefficient (Wildman–Crippen LogP) is 6.98. The van der Waals surface area contributed by atoms with Crippen LogP contribution in [0.1, 0.15) is 41.1 Å². The summed E-state index contributed by atoms with van der Waals surface area (Å²) in [5.74, 6) is -2.65. The standard InChI is InChI=1S/C37H35N5O6S2/c43-31(44)22-21-30(41(23-26-13-5-1-6-14-26)24-27-15-7-2-8-16-27)34(46)42(37(47)48-25-28-17-9-3-10-18-28)32(29-19-11-4-12-20-29)33(45)38-35-39-40-36(49)50-35/h1-20,30,32H,21-25H2,(H,40,49)(H,43,44)(H,38,39,45)/t30-,32?/m0/s1. The molecule has 1 aromatic heterocycles. The van der Waals surface area contributed by atoms with Gasteiger partial charge in [-0.3, -0.25) is 29.7 Å². The number of carboxylic acids is 1. The molecule has 50 heavy (non-hydrogen) atoms. The fourth-order valence-corrected chi connectivity index (χ4v) is 6.21. The summed E-state index contributed by atoms with van der Waals surface area (Å²) >= 11 is 6.15. The van der Waals surface area contributed by atoms with Gasteiger partial charge in [0, 0.05) is 19.5 Å². The first-order valence-corrected chi connectivity index (χ1v) is 17.0. The van der Waals surface area contributed by atoms with Crippen LogP contribution in [0.25, 0.3) is 0 Å². The molecule has 13 heteroatoms. The monoisotopic (exact) mass is 709 g/mol. The lowest BCUT2D eigenvalue weighted by Crippen LogP contribution is -2.53. The van der Waals surface area contributed by atoms with E-state index in [4.69, 9.17) is 17.0 Å². The molecule has 0 saturated heterocycles. The fraction of sp³-hybridized carbons (Fsp3) is 0.189. The first-order valence-electron chi connectivity index (χ1n) is 15.8. The Balaban J connectivity index is 1.60. The number of hydrogen-bond acceptors (Lipinski definition) is 9. The average molecular weight is 710 g/mol. The van der Waals surface area contributed by atoms with E-state index in [9.17, 15) is 19.5 Å². The van der Waals surface area contributed by atoms with Crippen molar-refractivity contribution in [3.05, 3.63) is 148 Å². The second-order valence-corrected chi connectivity index (χ2v) is 13.0. The molecule has 0 spiro atoms. The highest BCUT2D eigenvalue weighted by molar-refractivity contribution is 7.73. The SMILES string of the molecule is O=C(O)CC[C@@H](C(=O)N(C(=O)OCc1ccccc1)C(C(=O)Nc1n[nH]c(=S)s1)c1ccccc1)N(Cc1ccccc1)Cc1ccccc1. The Morgan fingerprint density at radius 3 is 1.82 bits per heavy atom. The summed E-state index contributed by atoms with van der Waals surface area (Å²) in [6.45, 7) is 0.319. The van der Waals surface area contributed by atoms with Crippen molar-refractivity contribution >= 4 is 52.6 Å².